The standard InChI is InChI=1S/C34H43N3O4/c38-21-23-5-7-27(8-6-23)31-30(32(39)35-9-10-36-11-13-41-14-12-36)28-3-1-2-4-29(28)33(40)37(31)22-34-18-24-15-25(19-34)17-26(16-24)20-34/h1-8,24-26,30-31,38H,9-22H2,(H,35,39)/t24?,25?,26?,30-,31+,34?/m1/s1. The van der Waals surface area contributed by atoms with E-state index in [1.165, 1.54) is 38.5 Å². The van der Waals surface area contributed by atoms with Crippen molar-refractivity contribution >= 4 is 11.8 Å². The second kappa shape index (κ2) is 11.2. The number of amides is 2. The van der Waals surface area contributed by atoms with E-state index >= 15 is 0 Å². The van der Waals surface area contributed by atoms with Gasteiger partial charge in [-0.1, -0.05) is 42.5 Å². The molecule has 8 rings (SSSR count). The van der Waals surface area contributed by atoms with Crippen molar-refractivity contribution in [1.29, 1.82) is 0 Å². The summed E-state index contributed by atoms with van der Waals surface area (Å²) in [4.78, 5) is 33.0. The lowest BCUT2D eigenvalue weighted by molar-refractivity contribution is -0.125. The fourth-order valence-electron chi connectivity index (χ4n) is 9.36. The van der Waals surface area contributed by atoms with Gasteiger partial charge in [-0.15, -0.1) is 0 Å². The third kappa shape index (κ3) is 5.21. The maximum absolute atomic E-state index is 14.4. The van der Waals surface area contributed by atoms with Gasteiger partial charge < -0.3 is 20.1 Å². The monoisotopic (exact) mass is 557 g/mol. The predicted molar refractivity (Wildman–Crippen MR) is 156 cm³/mol. The number of hydrogen-bond acceptors (Lipinski definition) is 5. The summed E-state index contributed by atoms with van der Waals surface area (Å²) in [5.41, 5.74) is 3.42. The van der Waals surface area contributed by atoms with Crippen LogP contribution in [-0.2, 0) is 16.1 Å². The lowest BCUT2D eigenvalue weighted by Gasteiger charge is -2.59. The molecule has 2 aliphatic heterocycles. The Morgan fingerprint density at radius 3 is 2.27 bits per heavy atom. The molecule has 2 N–H and O–H groups in total. The lowest BCUT2D eigenvalue weighted by atomic mass is 9.49. The van der Waals surface area contributed by atoms with E-state index in [2.05, 4.69) is 15.1 Å². The van der Waals surface area contributed by atoms with Crippen LogP contribution in [0, 0.1) is 23.2 Å². The van der Waals surface area contributed by atoms with Crippen molar-refractivity contribution in [3.8, 4) is 0 Å². The molecule has 5 fully saturated rings. The molecule has 2 atom stereocenters. The summed E-state index contributed by atoms with van der Waals surface area (Å²) in [6.07, 6.45) is 7.69. The van der Waals surface area contributed by atoms with Crippen LogP contribution in [0.2, 0.25) is 0 Å². The van der Waals surface area contributed by atoms with Crippen molar-refractivity contribution in [2.24, 2.45) is 23.2 Å². The Balaban J connectivity index is 1.23. The average molecular weight is 558 g/mol. The summed E-state index contributed by atoms with van der Waals surface area (Å²) in [5, 5.41) is 13.0. The number of aliphatic hydroxyl groups is 1. The molecule has 4 saturated carbocycles. The van der Waals surface area contributed by atoms with E-state index in [-0.39, 0.29) is 29.9 Å². The van der Waals surface area contributed by atoms with E-state index in [9.17, 15) is 14.7 Å². The first kappa shape index (κ1) is 27.1. The minimum atomic E-state index is -0.498. The summed E-state index contributed by atoms with van der Waals surface area (Å²) in [5.74, 6) is 1.89. The van der Waals surface area contributed by atoms with E-state index in [1.807, 2.05) is 48.5 Å². The van der Waals surface area contributed by atoms with Gasteiger partial charge in [-0.3, -0.25) is 14.5 Å². The van der Waals surface area contributed by atoms with E-state index < -0.39 is 5.92 Å². The van der Waals surface area contributed by atoms with E-state index in [4.69, 9.17) is 4.74 Å². The largest absolute Gasteiger partial charge is 0.392 e. The van der Waals surface area contributed by atoms with Crippen LogP contribution in [0.3, 0.4) is 0 Å². The van der Waals surface area contributed by atoms with Crippen molar-refractivity contribution in [3.63, 3.8) is 0 Å². The normalized spacial score (nSPS) is 32.7. The van der Waals surface area contributed by atoms with Crippen LogP contribution >= 0.6 is 0 Å². The molecular weight excluding hydrogens is 514 g/mol. The van der Waals surface area contributed by atoms with Gasteiger partial charge in [0.1, 0.15) is 0 Å². The summed E-state index contributed by atoms with van der Waals surface area (Å²) in [6.45, 7) is 5.27. The maximum Gasteiger partial charge on any atom is 0.254 e. The van der Waals surface area contributed by atoms with Crippen LogP contribution in [0.5, 0.6) is 0 Å². The van der Waals surface area contributed by atoms with E-state index in [1.54, 1.807) is 0 Å². The molecule has 0 unspecified atom stereocenters. The summed E-state index contributed by atoms with van der Waals surface area (Å²) in [6, 6.07) is 15.2. The Bertz CT molecular complexity index is 1240. The zero-order chi connectivity index (χ0) is 28.0. The van der Waals surface area contributed by atoms with Crippen molar-refractivity contribution < 1.29 is 19.4 Å². The second-order valence-corrected chi connectivity index (χ2v) is 13.5. The quantitative estimate of drug-likeness (QED) is 0.510. The molecule has 2 heterocycles. The first-order valence-electron chi connectivity index (χ1n) is 15.7. The number of ether oxygens (including phenoxy) is 1. The summed E-state index contributed by atoms with van der Waals surface area (Å²) in [7, 11) is 0. The van der Waals surface area contributed by atoms with Crippen LogP contribution in [0.4, 0.5) is 0 Å². The number of rotatable bonds is 8. The Hall–Kier alpha value is -2.74. The predicted octanol–water partition coefficient (Wildman–Crippen LogP) is 4.12. The van der Waals surface area contributed by atoms with E-state index in [0.29, 0.717) is 18.7 Å². The molecule has 4 aliphatic carbocycles. The third-order valence-electron chi connectivity index (χ3n) is 10.7. The number of carbonyl (C=O) groups excluding carboxylic acids is 2. The van der Waals surface area contributed by atoms with Gasteiger partial charge in [0.2, 0.25) is 5.91 Å². The van der Waals surface area contributed by atoms with Gasteiger partial charge >= 0.3 is 0 Å². The number of fused-ring (bicyclic) bond motifs is 1. The molecule has 1 saturated heterocycles. The fraction of sp³-hybridized carbons (Fsp3) is 0.588. The Labute approximate surface area is 243 Å². The molecule has 7 heteroatoms. The molecule has 0 radical (unpaired) electrons. The highest BCUT2D eigenvalue weighted by atomic mass is 16.5. The van der Waals surface area contributed by atoms with Crippen molar-refractivity contribution in [1.82, 2.24) is 15.1 Å². The molecule has 218 valence electrons. The number of benzene rings is 2. The molecule has 41 heavy (non-hydrogen) atoms. The highest BCUT2D eigenvalue weighted by Gasteiger charge is 2.54. The van der Waals surface area contributed by atoms with Gasteiger partial charge in [-0.25, -0.2) is 0 Å². The molecule has 0 spiro atoms. The topological polar surface area (TPSA) is 82.1 Å². The van der Waals surface area contributed by atoms with Crippen LogP contribution in [0.25, 0.3) is 0 Å². The number of hydrogen-bond donors (Lipinski definition) is 2. The lowest BCUT2D eigenvalue weighted by Crippen LogP contribution is -2.55. The molecule has 0 aromatic heterocycles. The van der Waals surface area contributed by atoms with Crippen molar-refractivity contribution in [2.75, 3.05) is 45.9 Å². The smallest absolute Gasteiger partial charge is 0.254 e. The first-order chi connectivity index (χ1) is 20.0. The highest BCUT2D eigenvalue weighted by Crippen LogP contribution is 2.61. The van der Waals surface area contributed by atoms with Gasteiger partial charge in [0.25, 0.3) is 5.91 Å². The molecule has 2 aromatic carbocycles. The van der Waals surface area contributed by atoms with Gasteiger partial charge in [-0.05, 0) is 84.5 Å². The van der Waals surface area contributed by atoms with Crippen molar-refractivity contribution in [3.05, 3.63) is 70.8 Å². The van der Waals surface area contributed by atoms with Crippen LogP contribution < -0.4 is 5.32 Å². The number of nitrogens with zero attached hydrogens (tertiary/aromatic N) is 2. The fourth-order valence-corrected chi connectivity index (χ4v) is 9.36. The minimum absolute atomic E-state index is 0.0232. The summed E-state index contributed by atoms with van der Waals surface area (Å²) < 4.78 is 5.48. The van der Waals surface area contributed by atoms with Gasteiger partial charge in [0, 0.05) is 38.3 Å². The Kier molecular flexibility index (Phi) is 7.38. The second-order valence-electron chi connectivity index (χ2n) is 13.5. The number of carbonyl (C=O) groups is 2. The maximum atomic E-state index is 14.4. The molecular formula is C34H43N3O4. The molecule has 7 nitrogen and oxygen atoms in total. The van der Waals surface area contributed by atoms with Crippen LogP contribution in [0.1, 0.15) is 77.5 Å². The molecule has 4 bridgehead atoms. The molecule has 2 amide bonds. The highest BCUT2D eigenvalue weighted by molar-refractivity contribution is 6.01. The third-order valence-corrected chi connectivity index (χ3v) is 10.7. The van der Waals surface area contributed by atoms with Gasteiger partial charge in [0.15, 0.2) is 0 Å². The van der Waals surface area contributed by atoms with Crippen molar-refractivity contribution in [2.45, 2.75) is 57.1 Å². The number of morpholine rings is 1. The minimum Gasteiger partial charge on any atom is -0.392 e. The first-order valence-corrected chi connectivity index (χ1v) is 15.7. The Morgan fingerprint density at radius 1 is 0.951 bits per heavy atom. The Morgan fingerprint density at radius 2 is 1.61 bits per heavy atom. The van der Waals surface area contributed by atoms with Crippen LogP contribution in [0.15, 0.2) is 48.5 Å². The zero-order valence-corrected chi connectivity index (χ0v) is 24.0. The number of aliphatic hydroxyl groups excluding tert-OH is 1. The molecule has 2 aromatic rings. The van der Waals surface area contributed by atoms with Crippen LogP contribution in [-0.4, -0.2) is 72.7 Å². The SMILES string of the molecule is O=C(NCCN1CCOCC1)[C@@H]1c2ccccc2C(=O)N(CC23CC4CC(CC(C4)C2)C3)[C@H]1c1ccc(CO)cc1. The molecule has 6 aliphatic rings. The van der Waals surface area contributed by atoms with Gasteiger partial charge in [-0.2, -0.15) is 0 Å². The average Bonchev–Trinajstić information content (AvgIpc) is 2.98. The zero-order valence-electron chi connectivity index (χ0n) is 24.0. The summed E-state index contributed by atoms with van der Waals surface area (Å²) >= 11 is 0. The van der Waals surface area contributed by atoms with Gasteiger partial charge in [0.05, 0.1) is 31.8 Å². The number of nitrogens with one attached hydrogen (secondary N) is 1. The van der Waals surface area contributed by atoms with E-state index in [0.717, 1.165) is 67.3 Å².